The Labute approximate surface area is 245 Å². The molecule has 0 aromatic rings. The van der Waals surface area contributed by atoms with E-state index in [4.69, 9.17) is 13.6 Å². The van der Waals surface area contributed by atoms with Crippen molar-refractivity contribution in [3.63, 3.8) is 0 Å². The summed E-state index contributed by atoms with van der Waals surface area (Å²) in [5, 5.41) is 0. The first kappa shape index (κ1) is 39.1. The van der Waals surface area contributed by atoms with E-state index in [0.29, 0.717) is 19.8 Å². The minimum atomic E-state index is -3.46. The lowest BCUT2D eigenvalue weighted by atomic mass is 10.1. The van der Waals surface area contributed by atoms with Crippen LogP contribution in [0.5, 0.6) is 0 Å². The van der Waals surface area contributed by atoms with Crippen molar-refractivity contribution in [3.8, 4) is 0 Å². The molecular weight excluding hydrogens is 505 g/mol. The smallest absolute Gasteiger partial charge is 0.309 e. The van der Waals surface area contributed by atoms with E-state index < -0.39 is 7.82 Å². The van der Waals surface area contributed by atoms with E-state index in [1.807, 2.05) is 14.1 Å². The van der Waals surface area contributed by atoms with Crippen molar-refractivity contribution >= 4 is 7.82 Å². The summed E-state index contributed by atoms with van der Waals surface area (Å²) in [6.45, 7) is 6.78. The Morgan fingerprint density at radius 1 is 0.410 bits per heavy atom. The molecule has 0 radical (unpaired) electrons. The standard InChI is InChI=1S/C33H70NO4P/c1-5-7-9-11-13-15-17-19-21-23-25-27-31-36-39(35,38-33-29-30-34(3)4)37-32-28-26-24-22-20-18-16-14-12-10-8-6-2/h5-33H2,1-4H3. The number of hydrogen-bond donors (Lipinski definition) is 0. The molecule has 0 aliphatic rings. The quantitative estimate of drug-likeness (QED) is 0.0575. The van der Waals surface area contributed by atoms with E-state index in [2.05, 4.69) is 18.7 Å². The Hall–Kier alpha value is 0.0700. The van der Waals surface area contributed by atoms with Gasteiger partial charge in [0.05, 0.1) is 19.8 Å². The lowest BCUT2D eigenvalue weighted by molar-refractivity contribution is 0.107. The van der Waals surface area contributed by atoms with Gasteiger partial charge in [0.2, 0.25) is 0 Å². The number of hydrogen-bond acceptors (Lipinski definition) is 5. The molecule has 0 heterocycles. The minimum absolute atomic E-state index is 0.409. The van der Waals surface area contributed by atoms with Crippen molar-refractivity contribution in [3.05, 3.63) is 0 Å². The van der Waals surface area contributed by atoms with Crippen LogP contribution in [0.15, 0.2) is 0 Å². The van der Waals surface area contributed by atoms with Crippen LogP contribution >= 0.6 is 7.82 Å². The maximum atomic E-state index is 13.2. The molecule has 0 aliphatic carbocycles. The van der Waals surface area contributed by atoms with Gasteiger partial charge >= 0.3 is 7.82 Å². The second-order valence-corrected chi connectivity index (χ2v) is 13.6. The van der Waals surface area contributed by atoms with E-state index in [-0.39, 0.29) is 0 Å². The normalized spacial score (nSPS) is 12.1. The van der Waals surface area contributed by atoms with Crippen molar-refractivity contribution in [1.82, 2.24) is 4.90 Å². The highest BCUT2D eigenvalue weighted by Crippen LogP contribution is 2.49. The van der Waals surface area contributed by atoms with E-state index in [1.54, 1.807) is 0 Å². The van der Waals surface area contributed by atoms with Crippen LogP contribution < -0.4 is 0 Å². The maximum absolute atomic E-state index is 13.2. The summed E-state index contributed by atoms with van der Waals surface area (Å²) in [5.74, 6) is 0. The van der Waals surface area contributed by atoms with Gasteiger partial charge < -0.3 is 4.90 Å². The third-order valence-electron chi connectivity index (χ3n) is 7.49. The SMILES string of the molecule is CCCCCCCCCCCCCCOP(=O)(OCCCCCCCCCCCCCC)OCCCN(C)C. The monoisotopic (exact) mass is 576 g/mol. The molecule has 0 amide bonds. The maximum Gasteiger partial charge on any atom is 0.474 e. The van der Waals surface area contributed by atoms with Gasteiger partial charge in [-0.05, 0) is 39.9 Å². The second-order valence-electron chi connectivity index (χ2n) is 11.9. The van der Waals surface area contributed by atoms with Crippen molar-refractivity contribution in [1.29, 1.82) is 0 Å². The Bertz CT molecular complexity index is 484. The van der Waals surface area contributed by atoms with Gasteiger partial charge in [-0.1, -0.05) is 155 Å². The fraction of sp³-hybridized carbons (Fsp3) is 1.00. The van der Waals surface area contributed by atoms with Crippen LogP contribution in [-0.4, -0.2) is 45.4 Å². The van der Waals surface area contributed by atoms with Crippen molar-refractivity contribution in [2.24, 2.45) is 0 Å². The van der Waals surface area contributed by atoms with Crippen LogP contribution in [0.2, 0.25) is 0 Å². The number of nitrogens with zero attached hydrogens (tertiary/aromatic N) is 1. The highest BCUT2D eigenvalue weighted by Gasteiger charge is 2.26. The van der Waals surface area contributed by atoms with Crippen molar-refractivity contribution < 1.29 is 18.1 Å². The number of unbranched alkanes of at least 4 members (excludes halogenated alkanes) is 22. The fourth-order valence-corrected chi connectivity index (χ4v) is 6.19. The van der Waals surface area contributed by atoms with Crippen LogP contribution in [0.4, 0.5) is 0 Å². The highest BCUT2D eigenvalue weighted by molar-refractivity contribution is 7.48. The minimum Gasteiger partial charge on any atom is -0.309 e. The van der Waals surface area contributed by atoms with Crippen LogP contribution in [-0.2, 0) is 18.1 Å². The molecule has 0 atom stereocenters. The molecule has 0 spiro atoms. The van der Waals surface area contributed by atoms with Gasteiger partial charge in [0.15, 0.2) is 0 Å². The first-order valence-electron chi connectivity index (χ1n) is 17.2. The average Bonchev–Trinajstić information content (AvgIpc) is 2.92. The van der Waals surface area contributed by atoms with Crippen molar-refractivity contribution in [2.75, 3.05) is 40.5 Å². The predicted octanol–water partition coefficient (Wildman–Crippen LogP) is 11.5. The molecule has 0 aromatic heterocycles. The summed E-state index contributed by atoms with van der Waals surface area (Å²) >= 11 is 0. The molecule has 39 heavy (non-hydrogen) atoms. The van der Waals surface area contributed by atoms with E-state index in [9.17, 15) is 4.57 Å². The third kappa shape index (κ3) is 30.8. The predicted molar refractivity (Wildman–Crippen MR) is 171 cm³/mol. The Morgan fingerprint density at radius 2 is 0.667 bits per heavy atom. The first-order valence-corrected chi connectivity index (χ1v) is 18.7. The molecule has 5 nitrogen and oxygen atoms in total. The lowest BCUT2D eigenvalue weighted by Crippen LogP contribution is -2.15. The Kier molecular flexibility index (Phi) is 31.1. The molecule has 0 bridgehead atoms. The van der Waals surface area contributed by atoms with E-state index >= 15 is 0 Å². The van der Waals surface area contributed by atoms with Crippen molar-refractivity contribution in [2.45, 2.75) is 174 Å². The van der Waals surface area contributed by atoms with E-state index in [0.717, 1.165) is 38.6 Å². The van der Waals surface area contributed by atoms with Gasteiger partial charge in [-0.25, -0.2) is 4.57 Å². The number of phosphoric ester groups is 1. The largest absolute Gasteiger partial charge is 0.474 e. The summed E-state index contributed by atoms with van der Waals surface area (Å²) < 4.78 is 30.3. The molecular formula is C33H70NO4P. The summed E-state index contributed by atoms with van der Waals surface area (Å²) in [6, 6.07) is 0. The molecule has 0 N–H and O–H groups in total. The molecule has 0 aromatic carbocycles. The molecule has 0 aliphatic heterocycles. The second kappa shape index (κ2) is 31.0. The molecule has 0 saturated carbocycles. The zero-order chi connectivity index (χ0) is 28.7. The Balaban J connectivity index is 3.90. The summed E-state index contributed by atoms with van der Waals surface area (Å²) in [7, 11) is 0.609. The van der Waals surface area contributed by atoms with Gasteiger partial charge in [0.25, 0.3) is 0 Å². The fourth-order valence-electron chi connectivity index (χ4n) is 4.91. The summed E-state index contributed by atoms with van der Waals surface area (Å²) in [4.78, 5) is 2.11. The molecule has 236 valence electrons. The zero-order valence-corrected chi connectivity index (χ0v) is 27.9. The summed E-state index contributed by atoms with van der Waals surface area (Å²) in [6.07, 6.45) is 32.0. The lowest BCUT2D eigenvalue weighted by Gasteiger charge is -2.19. The van der Waals surface area contributed by atoms with Crippen LogP contribution in [0, 0.1) is 0 Å². The summed E-state index contributed by atoms with van der Waals surface area (Å²) in [5.41, 5.74) is 0. The molecule has 6 heteroatoms. The molecule has 0 saturated heterocycles. The first-order chi connectivity index (χ1) is 19.0. The number of phosphoric acid groups is 1. The van der Waals surface area contributed by atoms with Crippen LogP contribution in [0.25, 0.3) is 0 Å². The van der Waals surface area contributed by atoms with E-state index in [1.165, 1.54) is 128 Å². The van der Waals surface area contributed by atoms with Crippen LogP contribution in [0.3, 0.4) is 0 Å². The third-order valence-corrected chi connectivity index (χ3v) is 8.99. The zero-order valence-electron chi connectivity index (χ0n) is 27.0. The highest BCUT2D eigenvalue weighted by atomic mass is 31.2. The average molecular weight is 576 g/mol. The number of rotatable bonds is 33. The molecule has 0 fully saturated rings. The van der Waals surface area contributed by atoms with Crippen LogP contribution in [0.1, 0.15) is 174 Å². The van der Waals surface area contributed by atoms with Gasteiger partial charge in [-0.3, -0.25) is 13.6 Å². The van der Waals surface area contributed by atoms with Gasteiger partial charge in [0.1, 0.15) is 0 Å². The molecule has 0 unspecified atom stereocenters. The van der Waals surface area contributed by atoms with Gasteiger partial charge in [-0.15, -0.1) is 0 Å². The Morgan fingerprint density at radius 3 is 0.949 bits per heavy atom. The van der Waals surface area contributed by atoms with Gasteiger partial charge in [-0.2, -0.15) is 0 Å². The topological polar surface area (TPSA) is 48.0 Å². The molecule has 0 rings (SSSR count). The van der Waals surface area contributed by atoms with Gasteiger partial charge in [0, 0.05) is 0 Å².